The maximum Gasteiger partial charge on any atom is 0.163 e. The number of hydrogen-bond donors (Lipinski definition) is 1. The quantitative estimate of drug-likeness (QED) is 0.879. The van der Waals surface area contributed by atoms with Crippen molar-refractivity contribution in [3.63, 3.8) is 0 Å². The molecular weight excluding hydrogens is 250 g/mol. The number of rotatable bonds is 6. The van der Waals surface area contributed by atoms with E-state index in [-0.39, 0.29) is 0 Å². The standard InChI is InChI=1S/C16H23N3O/c1-5-17-10-14-7-6-8-15(9-14)11-20-16-12(2)18-19(4)13(16)3/h6-9,17H,5,10-11H2,1-4H3. The first-order chi connectivity index (χ1) is 9.61. The van der Waals surface area contributed by atoms with Crippen LogP contribution in [0.5, 0.6) is 5.75 Å². The number of aryl methyl sites for hydroxylation is 2. The van der Waals surface area contributed by atoms with Crippen LogP contribution in [0.15, 0.2) is 24.3 Å². The van der Waals surface area contributed by atoms with Crippen LogP contribution in [0.2, 0.25) is 0 Å². The first-order valence-corrected chi connectivity index (χ1v) is 7.03. The zero-order valence-corrected chi connectivity index (χ0v) is 12.7. The fourth-order valence-corrected chi connectivity index (χ4v) is 2.22. The molecule has 4 nitrogen and oxygen atoms in total. The maximum atomic E-state index is 5.93. The van der Waals surface area contributed by atoms with E-state index >= 15 is 0 Å². The van der Waals surface area contributed by atoms with E-state index in [0.29, 0.717) is 6.61 Å². The Morgan fingerprint density at radius 2 is 2.00 bits per heavy atom. The Morgan fingerprint density at radius 1 is 1.25 bits per heavy atom. The van der Waals surface area contributed by atoms with Crippen LogP contribution in [0, 0.1) is 13.8 Å². The van der Waals surface area contributed by atoms with Crippen LogP contribution in [0.25, 0.3) is 0 Å². The highest BCUT2D eigenvalue weighted by Gasteiger charge is 2.10. The monoisotopic (exact) mass is 273 g/mol. The highest BCUT2D eigenvalue weighted by atomic mass is 16.5. The van der Waals surface area contributed by atoms with Crippen LogP contribution in [0.3, 0.4) is 0 Å². The van der Waals surface area contributed by atoms with E-state index in [1.807, 2.05) is 25.6 Å². The maximum absolute atomic E-state index is 5.93. The van der Waals surface area contributed by atoms with Crippen molar-refractivity contribution in [3.8, 4) is 5.75 Å². The highest BCUT2D eigenvalue weighted by molar-refractivity contribution is 5.32. The zero-order chi connectivity index (χ0) is 14.5. The molecule has 0 spiro atoms. The molecule has 108 valence electrons. The van der Waals surface area contributed by atoms with Gasteiger partial charge in [-0.15, -0.1) is 0 Å². The fraction of sp³-hybridized carbons (Fsp3) is 0.438. The van der Waals surface area contributed by atoms with Gasteiger partial charge in [0.25, 0.3) is 0 Å². The third-order valence-electron chi connectivity index (χ3n) is 3.40. The predicted molar refractivity (Wildman–Crippen MR) is 80.8 cm³/mol. The SMILES string of the molecule is CCNCc1cccc(COc2c(C)nn(C)c2C)c1. The van der Waals surface area contributed by atoms with Crippen molar-refractivity contribution in [2.24, 2.45) is 7.05 Å². The highest BCUT2D eigenvalue weighted by Crippen LogP contribution is 2.22. The molecule has 1 N–H and O–H groups in total. The lowest BCUT2D eigenvalue weighted by atomic mass is 10.1. The molecular formula is C16H23N3O. The Balaban J connectivity index is 2.03. The van der Waals surface area contributed by atoms with Crippen molar-refractivity contribution in [1.29, 1.82) is 0 Å². The Kier molecular flexibility index (Phi) is 4.79. The zero-order valence-electron chi connectivity index (χ0n) is 12.7. The molecule has 0 bridgehead atoms. The van der Waals surface area contributed by atoms with Gasteiger partial charge in [-0.05, 0) is 31.5 Å². The number of hydrogen-bond acceptors (Lipinski definition) is 3. The number of benzene rings is 1. The van der Waals surface area contributed by atoms with Gasteiger partial charge < -0.3 is 10.1 Å². The van der Waals surface area contributed by atoms with Gasteiger partial charge in [0.05, 0.1) is 5.69 Å². The van der Waals surface area contributed by atoms with E-state index in [2.05, 4.69) is 41.6 Å². The van der Waals surface area contributed by atoms with Gasteiger partial charge in [0.1, 0.15) is 12.3 Å². The van der Waals surface area contributed by atoms with Gasteiger partial charge in [-0.1, -0.05) is 31.2 Å². The minimum atomic E-state index is 0.577. The van der Waals surface area contributed by atoms with E-state index in [0.717, 1.165) is 30.2 Å². The van der Waals surface area contributed by atoms with Crippen LogP contribution in [-0.4, -0.2) is 16.3 Å². The Hall–Kier alpha value is -1.81. The van der Waals surface area contributed by atoms with Crippen molar-refractivity contribution in [3.05, 3.63) is 46.8 Å². The summed E-state index contributed by atoms with van der Waals surface area (Å²) >= 11 is 0. The first-order valence-electron chi connectivity index (χ1n) is 7.03. The normalized spacial score (nSPS) is 10.8. The van der Waals surface area contributed by atoms with Gasteiger partial charge in [-0.2, -0.15) is 5.10 Å². The Morgan fingerprint density at radius 3 is 2.65 bits per heavy atom. The minimum absolute atomic E-state index is 0.577. The Bertz CT molecular complexity index is 575. The first kappa shape index (κ1) is 14.6. The molecule has 1 aromatic carbocycles. The van der Waals surface area contributed by atoms with E-state index in [9.17, 15) is 0 Å². The molecule has 2 rings (SSSR count). The molecule has 1 aromatic heterocycles. The molecule has 2 aromatic rings. The second kappa shape index (κ2) is 6.57. The third-order valence-corrected chi connectivity index (χ3v) is 3.40. The van der Waals surface area contributed by atoms with E-state index in [1.54, 1.807) is 0 Å². The average molecular weight is 273 g/mol. The fourth-order valence-electron chi connectivity index (χ4n) is 2.22. The van der Waals surface area contributed by atoms with E-state index in [4.69, 9.17) is 4.74 Å². The Labute approximate surface area is 120 Å². The molecule has 0 atom stereocenters. The number of ether oxygens (including phenoxy) is 1. The molecule has 0 unspecified atom stereocenters. The van der Waals surface area contributed by atoms with Crippen molar-refractivity contribution in [2.45, 2.75) is 33.9 Å². The van der Waals surface area contributed by atoms with Crippen molar-refractivity contribution in [2.75, 3.05) is 6.54 Å². The molecule has 0 aliphatic carbocycles. The van der Waals surface area contributed by atoms with Gasteiger partial charge in [-0.25, -0.2) is 0 Å². The molecule has 0 amide bonds. The number of aromatic nitrogens is 2. The second-order valence-electron chi connectivity index (χ2n) is 5.01. The summed E-state index contributed by atoms with van der Waals surface area (Å²) in [6, 6.07) is 8.49. The van der Waals surface area contributed by atoms with Crippen molar-refractivity contribution < 1.29 is 4.74 Å². The molecule has 0 fully saturated rings. The molecule has 0 aliphatic heterocycles. The summed E-state index contributed by atoms with van der Waals surface area (Å²) < 4.78 is 7.78. The summed E-state index contributed by atoms with van der Waals surface area (Å²) in [6.07, 6.45) is 0. The predicted octanol–water partition coefficient (Wildman–Crippen LogP) is 2.73. The van der Waals surface area contributed by atoms with Crippen LogP contribution < -0.4 is 10.1 Å². The number of nitrogens with one attached hydrogen (secondary N) is 1. The lowest BCUT2D eigenvalue weighted by Gasteiger charge is -2.08. The molecule has 1 heterocycles. The molecule has 0 saturated carbocycles. The summed E-state index contributed by atoms with van der Waals surface area (Å²) in [7, 11) is 1.94. The summed E-state index contributed by atoms with van der Waals surface area (Å²) in [5.41, 5.74) is 4.47. The van der Waals surface area contributed by atoms with Crippen LogP contribution >= 0.6 is 0 Å². The molecule has 0 saturated heterocycles. The van der Waals surface area contributed by atoms with Gasteiger partial charge in [0, 0.05) is 13.6 Å². The molecule has 0 aliphatic rings. The van der Waals surface area contributed by atoms with Gasteiger partial charge in [0.15, 0.2) is 5.75 Å². The van der Waals surface area contributed by atoms with E-state index < -0.39 is 0 Å². The van der Waals surface area contributed by atoms with Crippen molar-refractivity contribution >= 4 is 0 Å². The van der Waals surface area contributed by atoms with Gasteiger partial charge in [0.2, 0.25) is 0 Å². The van der Waals surface area contributed by atoms with Crippen LogP contribution in [-0.2, 0) is 20.2 Å². The van der Waals surface area contributed by atoms with Gasteiger partial charge >= 0.3 is 0 Å². The molecule has 4 heteroatoms. The van der Waals surface area contributed by atoms with Crippen molar-refractivity contribution in [1.82, 2.24) is 15.1 Å². The van der Waals surface area contributed by atoms with Crippen LogP contribution in [0.4, 0.5) is 0 Å². The molecule has 0 radical (unpaired) electrons. The second-order valence-corrected chi connectivity index (χ2v) is 5.01. The summed E-state index contributed by atoms with van der Waals surface area (Å²) in [6.45, 7) is 8.57. The largest absolute Gasteiger partial charge is 0.485 e. The van der Waals surface area contributed by atoms with E-state index in [1.165, 1.54) is 11.1 Å². The molecule has 20 heavy (non-hydrogen) atoms. The summed E-state index contributed by atoms with van der Waals surface area (Å²) in [4.78, 5) is 0. The number of nitrogens with zero attached hydrogens (tertiary/aromatic N) is 2. The minimum Gasteiger partial charge on any atom is -0.485 e. The lowest BCUT2D eigenvalue weighted by molar-refractivity contribution is 0.301. The van der Waals surface area contributed by atoms with Crippen LogP contribution in [0.1, 0.15) is 29.4 Å². The average Bonchev–Trinajstić information content (AvgIpc) is 2.68. The topological polar surface area (TPSA) is 39.1 Å². The third kappa shape index (κ3) is 3.39. The summed E-state index contributed by atoms with van der Waals surface area (Å²) in [5.74, 6) is 0.893. The smallest absolute Gasteiger partial charge is 0.163 e. The van der Waals surface area contributed by atoms with Gasteiger partial charge in [-0.3, -0.25) is 4.68 Å². The lowest BCUT2D eigenvalue weighted by Crippen LogP contribution is -2.11. The summed E-state index contributed by atoms with van der Waals surface area (Å²) in [5, 5.41) is 7.70.